The topological polar surface area (TPSA) is 29.5 Å². The highest BCUT2D eigenvalue weighted by atomic mass is 16.5. The highest BCUT2D eigenvalue weighted by Gasteiger charge is 2.17. The molecule has 0 aliphatic carbocycles. The number of nitrogens with zero attached hydrogens (tertiary/aromatic N) is 1. The number of esters is 1. The minimum atomic E-state index is -0.202. The number of rotatable bonds is 3. The van der Waals surface area contributed by atoms with E-state index in [0.717, 1.165) is 19.6 Å². The molecule has 0 unspecified atom stereocenters. The lowest BCUT2D eigenvalue weighted by atomic mass is 10.1. The molecule has 0 fully saturated rings. The van der Waals surface area contributed by atoms with Gasteiger partial charge in [-0.3, -0.25) is 9.69 Å². The quantitative estimate of drug-likeness (QED) is 0.701. The van der Waals surface area contributed by atoms with Gasteiger partial charge in [-0.15, -0.1) is 0 Å². The van der Waals surface area contributed by atoms with Gasteiger partial charge in [-0.25, -0.2) is 0 Å². The molecule has 0 atom stereocenters. The van der Waals surface area contributed by atoms with Gasteiger partial charge in [0.25, 0.3) is 0 Å². The number of hydrogen-bond acceptors (Lipinski definition) is 3. The molecule has 2 rings (SSSR count). The Hall–Kier alpha value is -1.35. The van der Waals surface area contributed by atoms with Gasteiger partial charge in [0.05, 0.1) is 0 Å². The van der Waals surface area contributed by atoms with E-state index in [1.165, 1.54) is 18.1 Å². The first-order chi connectivity index (χ1) is 7.25. The van der Waals surface area contributed by atoms with Gasteiger partial charge in [0, 0.05) is 26.6 Å². The predicted molar refractivity (Wildman–Crippen MR) is 57.2 cm³/mol. The maximum atomic E-state index is 10.6. The Morgan fingerprint density at radius 1 is 1.33 bits per heavy atom. The second kappa shape index (κ2) is 4.45. The van der Waals surface area contributed by atoms with Crippen molar-refractivity contribution in [2.24, 2.45) is 0 Å². The van der Waals surface area contributed by atoms with Crippen molar-refractivity contribution in [3.05, 3.63) is 35.4 Å². The number of carbonyl (C=O) groups is 1. The van der Waals surface area contributed by atoms with E-state index in [2.05, 4.69) is 29.2 Å². The van der Waals surface area contributed by atoms with Crippen LogP contribution in [0.3, 0.4) is 0 Å². The van der Waals surface area contributed by atoms with Crippen molar-refractivity contribution < 1.29 is 9.53 Å². The highest BCUT2D eigenvalue weighted by molar-refractivity contribution is 5.65. The summed E-state index contributed by atoms with van der Waals surface area (Å²) in [5.74, 6) is -0.202. The molecular weight excluding hydrogens is 190 g/mol. The zero-order valence-corrected chi connectivity index (χ0v) is 8.90. The summed E-state index contributed by atoms with van der Waals surface area (Å²) in [5, 5.41) is 0. The lowest BCUT2D eigenvalue weighted by Gasteiger charge is -2.13. The van der Waals surface area contributed by atoms with E-state index in [4.69, 9.17) is 4.74 Å². The molecule has 0 spiro atoms. The van der Waals surface area contributed by atoms with E-state index in [0.29, 0.717) is 6.61 Å². The van der Waals surface area contributed by atoms with Crippen LogP contribution in [0.25, 0.3) is 0 Å². The molecule has 3 heteroatoms. The van der Waals surface area contributed by atoms with Crippen molar-refractivity contribution >= 4 is 5.97 Å². The third kappa shape index (κ3) is 2.57. The van der Waals surface area contributed by atoms with Gasteiger partial charge >= 0.3 is 5.97 Å². The van der Waals surface area contributed by atoms with Crippen LogP contribution in [0.5, 0.6) is 0 Å². The molecule has 0 saturated carbocycles. The fourth-order valence-corrected chi connectivity index (χ4v) is 1.88. The monoisotopic (exact) mass is 205 g/mol. The van der Waals surface area contributed by atoms with Gasteiger partial charge in [-0.05, 0) is 11.1 Å². The molecule has 0 N–H and O–H groups in total. The van der Waals surface area contributed by atoms with Gasteiger partial charge < -0.3 is 4.74 Å². The number of benzene rings is 1. The van der Waals surface area contributed by atoms with Crippen LogP contribution in [-0.2, 0) is 22.6 Å². The summed E-state index contributed by atoms with van der Waals surface area (Å²) < 4.78 is 4.92. The van der Waals surface area contributed by atoms with Gasteiger partial charge in [-0.2, -0.15) is 0 Å². The molecule has 0 amide bonds. The van der Waals surface area contributed by atoms with E-state index >= 15 is 0 Å². The maximum Gasteiger partial charge on any atom is 0.302 e. The van der Waals surface area contributed by atoms with Gasteiger partial charge in [0.15, 0.2) is 0 Å². The summed E-state index contributed by atoms with van der Waals surface area (Å²) in [6.45, 7) is 4.69. The predicted octanol–water partition coefficient (Wildman–Crippen LogP) is 1.57. The van der Waals surface area contributed by atoms with Crippen LogP contribution in [-0.4, -0.2) is 24.0 Å². The van der Waals surface area contributed by atoms with Gasteiger partial charge in [0.1, 0.15) is 6.61 Å². The standard InChI is InChI=1S/C12H15NO2/c1-10(14)15-7-6-13-8-11-4-2-3-5-12(11)9-13/h2-5H,6-9H2,1H3. The molecule has 15 heavy (non-hydrogen) atoms. The van der Waals surface area contributed by atoms with Crippen LogP contribution in [0.15, 0.2) is 24.3 Å². The van der Waals surface area contributed by atoms with E-state index in [1.54, 1.807) is 0 Å². The SMILES string of the molecule is CC(=O)OCCN1Cc2ccccc2C1. The first kappa shape index (κ1) is 10.2. The van der Waals surface area contributed by atoms with Gasteiger partial charge in [0.2, 0.25) is 0 Å². The average molecular weight is 205 g/mol. The summed E-state index contributed by atoms with van der Waals surface area (Å²) in [6, 6.07) is 8.44. The van der Waals surface area contributed by atoms with Crippen LogP contribution in [0.4, 0.5) is 0 Å². The Balaban J connectivity index is 1.83. The lowest BCUT2D eigenvalue weighted by Crippen LogP contribution is -2.22. The summed E-state index contributed by atoms with van der Waals surface area (Å²) >= 11 is 0. The van der Waals surface area contributed by atoms with Crippen molar-refractivity contribution in [1.82, 2.24) is 4.90 Å². The summed E-state index contributed by atoms with van der Waals surface area (Å²) in [6.07, 6.45) is 0. The molecule has 1 aromatic carbocycles. The van der Waals surface area contributed by atoms with Crippen molar-refractivity contribution in [2.75, 3.05) is 13.2 Å². The van der Waals surface area contributed by atoms with Crippen molar-refractivity contribution in [2.45, 2.75) is 20.0 Å². The van der Waals surface area contributed by atoms with Crippen molar-refractivity contribution in [3.8, 4) is 0 Å². The second-order valence-electron chi connectivity index (χ2n) is 3.82. The molecular formula is C12H15NO2. The summed E-state index contributed by atoms with van der Waals surface area (Å²) in [7, 11) is 0. The van der Waals surface area contributed by atoms with Crippen LogP contribution in [0.1, 0.15) is 18.1 Å². The Morgan fingerprint density at radius 2 is 1.93 bits per heavy atom. The number of fused-ring (bicyclic) bond motifs is 1. The Labute approximate surface area is 89.7 Å². The molecule has 1 aliphatic heterocycles. The Bertz CT molecular complexity index is 337. The molecule has 80 valence electrons. The van der Waals surface area contributed by atoms with Crippen LogP contribution < -0.4 is 0 Å². The molecule has 3 nitrogen and oxygen atoms in total. The third-order valence-corrected chi connectivity index (χ3v) is 2.62. The molecule has 1 aliphatic rings. The normalized spacial score (nSPS) is 15.0. The average Bonchev–Trinajstić information content (AvgIpc) is 2.59. The smallest absolute Gasteiger partial charge is 0.302 e. The van der Waals surface area contributed by atoms with Crippen LogP contribution >= 0.6 is 0 Å². The minimum Gasteiger partial charge on any atom is -0.465 e. The van der Waals surface area contributed by atoms with Crippen molar-refractivity contribution in [1.29, 1.82) is 0 Å². The molecule has 1 heterocycles. The van der Waals surface area contributed by atoms with E-state index < -0.39 is 0 Å². The van der Waals surface area contributed by atoms with Crippen LogP contribution in [0, 0.1) is 0 Å². The number of hydrogen-bond donors (Lipinski definition) is 0. The largest absolute Gasteiger partial charge is 0.465 e. The molecule has 1 aromatic rings. The lowest BCUT2D eigenvalue weighted by molar-refractivity contribution is -0.141. The fourth-order valence-electron chi connectivity index (χ4n) is 1.88. The van der Waals surface area contributed by atoms with E-state index in [-0.39, 0.29) is 5.97 Å². The fraction of sp³-hybridized carbons (Fsp3) is 0.417. The third-order valence-electron chi connectivity index (χ3n) is 2.62. The number of carbonyl (C=O) groups excluding carboxylic acids is 1. The minimum absolute atomic E-state index is 0.202. The highest BCUT2D eigenvalue weighted by Crippen LogP contribution is 2.21. The number of ether oxygens (including phenoxy) is 1. The first-order valence-corrected chi connectivity index (χ1v) is 5.18. The summed E-state index contributed by atoms with van der Waals surface area (Å²) in [4.78, 5) is 12.9. The van der Waals surface area contributed by atoms with E-state index in [1.807, 2.05) is 0 Å². The van der Waals surface area contributed by atoms with E-state index in [9.17, 15) is 4.79 Å². The zero-order valence-electron chi connectivity index (χ0n) is 8.90. The van der Waals surface area contributed by atoms with Crippen LogP contribution in [0.2, 0.25) is 0 Å². The summed E-state index contributed by atoms with van der Waals surface area (Å²) in [5.41, 5.74) is 2.78. The molecule has 0 radical (unpaired) electrons. The van der Waals surface area contributed by atoms with Crippen molar-refractivity contribution in [3.63, 3.8) is 0 Å². The maximum absolute atomic E-state index is 10.6. The Kier molecular flexibility index (Phi) is 3.02. The molecule has 0 bridgehead atoms. The zero-order chi connectivity index (χ0) is 10.7. The Morgan fingerprint density at radius 3 is 2.47 bits per heavy atom. The molecule has 0 saturated heterocycles. The second-order valence-corrected chi connectivity index (χ2v) is 3.82. The first-order valence-electron chi connectivity index (χ1n) is 5.18. The molecule has 0 aromatic heterocycles. The van der Waals surface area contributed by atoms with Gasteiger partial charge in [-0.1, -0.05) is 24.3 Å².